The topological polar surface area (TPSA) is 102 Å². The molecule has 32 heavy (non-hydrogen) atoms. The first kappa shape index (κ1) is 24.0. The maximum atomic E-state index is 12.2. The summed E-state index contributed by atoms with van der Waals surface area (Å²) in [6, 6.07) is 15.0. The summed E-state index contributed by atoms with van der Waals surface area (Å²) in [5.74, 6) is 1.01. The van der Waals surface area contributed by atoms with Crippen LogP contribution in [0.5, 0.6) is 0 Å². The van der Waals surface area contributed by atoms with Crippen molar-refractivity contribution < 1.29 is 17.6 Å². The monoisotopic (exact) mass is 473 g/mol. The van der Waals surface area contributed by atoms with Crippen LogP contribution in [0.3, 0.4) is 0 Å². The van der Waals surface area contributed by atoms with Crippen molar-refractivity contribution in [2.24, 2.45) is 0 Å². The van der Waals surface area contributed by atoms with Gasteiger partial charge in [-0.2, -0.15) is 0 Å². The highest BCUT2D eigenvalue weighted by Gasteiger charge is 2.19. The molecule has 0 aliphatic heterocycles. The predicted octanol–water partition coefficient (Wildman–Crippen LogP) is 4.66. The number of rotatable bonds is 10. The van der Waals surface area contributed by atoms with E-state index in [1.165, 1.54) is 10.5 Å². The Morgan fingerprint density at radius 1 is 1.06 bits per heavy atom. The summed E-state index contributed by atoms with van der Waals surface area (Å²) in [6.07, 6.45) is 1.44. The fourth-order valence-electron chi connectivity index (χ4n) is 2.86. The van der Waals surface area contributed by atoms with Crippen molar-refractivity contribution in [1.29, 1.82) is 0 Å². The molecular weight excluding hydrogens is 446 g/mol. The number of thioether (sulfide) groups is 1. The van der Waals surface area contributed by atoms with Crippen LogP contribution in [-0.2, 0) is 21.1 Å². The lowest BCUT2D eigenvalue weighted by Gasteiger charge is -2.08. The summed E-state index contributed by atoms with van der Waals surface area (Å²) in [6.45, 7) is 5.36. The van der Waals surface area contributed by atoms with E-state index >= 15 is 0 Å². The van der Waals surface area contributed by atoms with Gasteiger partial charge in [0, 0.05) is 11.3 Å². The molecule has 7 nitrogen and oxygen atoms in total. The summed E-state index contributed by atoms with van der Waals surface area (Å²) in [5, 5.41) is 9.97. The molecule has 0 aliphatic rings. The summed E-state index contributed by atoms with van der Waals surface area (Å²) in [7, 11) is -3.30. The number of carbonyl (C=O) groups excluding carboxylic acids is 1. The normalized spacial score (nSPS) is 11.6. The van der Waals surface area contributed by atoms with Gasteiger partial charge in [0.1, 0.15) is 0 Å². The molecule has 0 fully saturated rings. The van der Waals surface area contributed by atoms with Gasteiger partial charge in [0.05, 0.1) is 16.6 Å². The number of hydrogen-bond donors (Lipinski definition) is 1. The van der Waals surface area contributed by atoms with Gasteiger partial charge in [0.25, 0.3) is 0 Å². The fourth-order valence-corrected chi connectivity index (χ4v) is 4.77. The molecule has 170 valence electrons. The number of anilines is 1. The number of nitrogens with zero attached hydrogens (tertiary/aromatic N) is 2. The van der Waals surface area contributed by atoms with Crippen LogP contribution in [-0.4, -0.2) is 35.5 Å². The largest absolute Gasteiger partial charge is 0.407 e. The highest BCUT2D eigenvalue weighted by Crippen LogP contribution is 2.20. The van der Waals surface area contributed by atoms with E-state index in [1.54, 1.807) is 49.9 Å². The molecular formula is C23H27N3O4S2. The lowest BCUT2D eigenvalue weighted by molar-refractivity contribution is -0.116. The average Bonchev–Trinajstić information content (AvgIpc) is 3.19. The SMILES string of the molecule is Cc1ccc(SCCCC(=O)Nc2nnc(Cc3ccc(S(=O)(=O)C(C)C)cc3)o2)cc1. The molecule has 0 aliphatic carbocycles. The first-order valence-electron chi connectivity index (χ1n) is 10.4. The van der Waals surface area contributed by atoms with E-state index in [9.17, 15) is 13.2 Å². The van der Waals surface area contributed by atoms with E-state index in [1.807, 2.05) is 0 Å². The van der Waals surface area contributed by atoms with Gasteiger partial charge in [-0.1, -0.05) is 34.9 Å². The second kappa shape index (κ2) is 10.8. The second-order valence-corrected chi connectivity index (χ2v) is 11.4. The summed E-state index contributed by atoms with van der Waals surface area (Å²) in [5.41, 5.74) is 2.06. The van der Waals surface area contributed by atoms with E-state index in [0.29, 0.717) is 18.7 Å². The molecule has 0 saturated carbocycles. The molecule has 0 bridgehead atoms. The average molecular weight is 474 g/mol. The van der Waals surface area contributed by atoms with Crippen LogP contribution >= 0.6 is 11.8 Å². The lowest BCUT2D eigenvalue weighted by Crippen LogP contribution is -2.13. The Kier molecular flexibility index (Phi) is 8.09. The minimum absolute atomic E-state index is 0.0650. The molecule has 1 amide bonds. The molecule has 3 rings (SSSR count). The van der Waals surface area contributed by atoms with Gasteiger partial charge in [-0.3, -0.25) is 10.1 Å². The molecule has 0 unspecified atom stereocenters. The van der Waals surface area contributed by atoms with Gasteiger partial charge in [-0.05, 0) is 62.8 Å². The Balaban J connectivity index is 1.45. The number of benzene rings is 2. The van der Waals surface area contributed by atoms with E-state index in [-0.39, 0.29) is 16.8 Å². The quantitative estimate of drug-likeness (QED) is 0.337. The number of amides is 1. The zero-order chi connectivity index (χ0) is 23.1. The second-order valence-electron chi connectivity index (χ2n) is 7.73. The third-order valence-electron chi connectivity index (χ3n) is 4.78. The first-order chi connectivity index (χ1) is 15.2. The Bertz CT molecular complexity index is 1140. The molecule has 0 radical (unpaired) electrons. The Hall–Kier alpha value is -2.65. The van der Waals surface area contributed by atoms with Crippen molar-refractivity contribution in [3.8, 4) is 0 Å². The van der Waals surface area contributed by atoms with E-state index < -0.39 is 15.1 Å². The van der Waals surface area contributed by atoms with Crippen molar-refractivity contribution in [3.05, 3.63) is 65.5 Å². The van der Waals surface area contributed by atoms with Crippen molar-refractivity contribution in [2.75, 3.05) is 11.1 Å². The number of carbonyl (C=O) groups is 1. The van der Waals surface area contributed by atoms with Crippen LogP contribution in [0.2, 0.25) is 0 Å². The first-order valence-corrected chi connectivity index (χ1v) is 12.9. The molecule has 0 atom stereocenters. The van der Waals surface area contributed by atoms with Gasteiger partial charge in [0.15, 0.2) is 9.84 Å². The number of sulfone groups is 1. The predicted molar refractivity (Wildman–Crippen MR) is 126 cm³/mol. The standard InChI is InChI=1S/C23H27N3O4S2/c1-16(2)32(28,29)20-12-8-18(9-13-20)15-22-25-26-23(30-22)24-21(27)5-4-14-31-19-10-6-17(3)7-11-19/h6-13,16H,4-5,14-15H2,1-3H3,(H,24,26,27). The van der Waals surface area contributed by atoms with Crippen molar-refractivity contribution in [1.82, 2.24) is 10.2 Å². The van der Waals surface area contributed by atoms with Crippen LogP contribution < -0.4 is 5.32 Å². The highest BCUT2D eigenvalue weighted by molar-refractivity contribution is 7.99. The molecule has 1 heterocycles. The summed E-state index contributed by atoms with van der Waals surface area (Å²) >= 11 is 1.72. The molecule has 3 aromatic rings. The third kappa shape index (κ3) is 6.67. The minimum atomic E-state index is -3.30. The fraction of sp³-hybridized carbons (Fsp3) is 0.348. The van der Waals surface area contributed by atoms with Crippen LogP contribution in [0.4, 0.5) is 6.01 Å². The lowest BCUT2D eigenvalue weighted by atomic mass is 10.1. The zero-order valence-electron chi connectivity index (χ0n) is 18.4. The van der Waals surface area contributed by atoms with Gasteiger partial charge >= 0.3 is 6.01 Å². The molecule has 1 aromatic heterocycles. The van der Waals surface area contributed by atoms with Gasteiger partial charge < -0.3 is 4.42 Å². The van der Waals surface area contributed by atoms with Crippen molar-refractivity contribution in [2.45, 2.75) is 55.1 Å². The Morgan fingerprint density at radius 2 is 1.75 bits per heavy atom. The van der Waals surface area contributed by atoms with Gasteiger partial charge in [0.2, 0.25) is 11.8 Å². The van der Waals surface area contributed by atoms with E-state index in [4.69, 9.17) is 4.42 Å². The zero-order valence-corrected chi connectivity index (χ0v) is 20.0. The molecule has 9 heteroatoms. The van der Waals surface area contributed by atoms with Crippen LogP contribution in [0.15, 0.2) is 62.7 Å². The Labute approximate surface area is 192 Å². The number of hydrogen-bond acceptors (Lipinski definition) is 7. The van der Waals surface area contributed by atoms with E-state index in [2.05, 4.69) is 46.7 Å². The smallest absolute Gasteiger partial charge is 0.322 e. The third-order valence-corrected chi connectivity index (χ3v) is 8.05. The number of aromatic nitrogens is 2. The molecule has 0 spiro atoms. The highest BCUT2D eigenvalue weighted by atomic mass is 32.2. The maximum Gasteiger partial charge on any atom is 0.322 e. The maximum absolute atomic E-state index is 12.2. The summed E-state index contributed by atoms with van der Waals surface area (Å²) < 4.78 is 29.9. The molecule has 2 aromatic carbocycles. The minimum Gasteiger partial charge on any atom is -0.407 e. The van der Waals surface area contributed by atoms with Crippen LogP contribution in [0, 0.1) is 6.92 Å². The van der Waals surface area contributed by atoms with Gasteiger partial charge in [-0.15, -0.1) is 16.9 Å². The molecule has 1 N–H and O–H groups in total. The van der Waals surface area contributed by atoms with Crippen LogP contribution in [0.1, 0.15) is 43.7 Å². The number of nitrogens with one attached hydrogen (secondary N) is 1. The van der Waals surface area contributed by atoms with Crippen molar-refractivity contribution in [3.63, 3.8) is 0 Å². The van der Waals surface area contributed by atoms with Gasteiger partial charge in [-0.25, -0.2) is 8.42 Å². The summed E-state index contributed by atoms with van der Waals surface area (Å²) in [4.78, 5) is 13.6. The van der Waals surface area contributed by atoms with E-state index in [0.717, 1.165) is 17.7 Å². The molecule has 0 saturated heterocycles. The Morgan fingerprint density at radius 3 is 2.41 bits per heavy atom. The van der Waals surface area contributed by atoms with Crippen LogP contribution in [0.25, 0.3) is 0 Å². The number of aryl methyl sites for hydroxylation is 1. The van der Waals surface area contributed by atoms with Crippen molar-refractivity contribution >= 4 is 33.5 Å².